The molecule has 8 heteroatoms. The standard InChI is InChI=1S/C9H12F3N3OS/c1-5-13-14-8(15(5)6-2-3-6)17-4-7(16)9(10,11)12/h6-7,16H,2-4H2,1H3/t7-/m0/s1. The Bertz CT molecular complexity index is 403. The molecule has 1 atom stereocenters. The fraction of sp³-hybridized carbons (Fsp3) is 0.778. The molecule has 2 rings (SSSR count). The third-order valence-electron chi connectivity index (χ3n) is 2.50. The van der Waals surface area contributed by atoms with E-state index in [1.165, 1.54) is 0 Å². The van der Waals surface area contributed by atoms with E-state index in [-0.39, 0.29) is 0 Å². The minimum absolute atomic E-state index is 0.315. The Morgan fingerprint density at radius 1 is 1.47 bits per heavy atom. The van der Waals surface area contributed by atoms with Crippen molar-refractivity contribution in [3.63, 3.8) is 0 Å². The lowest BCUT2D eigenvalue weighted by Crippen LogP contribution is -2.30. The highest BCUT2D eigenvalue weighted by Gasteiger charge is 2.38. The summed E-state index contributed by atoms with van der Waals surface area (Å²) >= 11 is 0.891. The molecule has 0 amide bonds. The van der Waals surface area contributed by atoms with Crippen molar-refractivity contribution in [2.45, 2.75) is 43.2 Å². The molecule has 1 fully saturated rings. The van der Waals surface area contributed by atoms with Crippen LogP contribution in [0.5, 0.6) is 0 Å². The van der Waals surface area contributed by atoms with Gasteiger partial charge in [0.1, 0.15) is 5.82 Å². The van der Waals surface area contributed by atoms with Gasteiger partial charge in [-0.15, -0.1) is 10.2 Å². The van der Waals surface area contributed by atoms with Crippen molar-refractivity contribution in [1.82, 2.24) is 14.8 Å². The second-order valence-electron chi connectivity index (χ2n) is 4.00. The van der Waals surface area contributed by atoms with Crippen LogP contribution in [0.15, 0.2) is 5.16 Å². The van der Waals surface area contributed by atoms with Crippen molar-refractivity contribution in [3.8, 4) is 0 Å². The topological polar surface area (TPSA) is 50.9 Å². The third kappa shape index (κ3) is 2.92. The van der Waals surface area contributed by atoms with Gasteiger partial charge in [0, 0.05) is 11.8 Å². The van der Waals surface area contributed by atoms with Crippen LogP contribution in [0.2, 0.25) is 0 Å². The molecular formula is C9H12F3N3OS. The predicted molar refractivity (Wildman–Crippen MR) is 55.8 cm³/mol. The van der Waals surface area contributed by atoms with Crippen molar-refractivity contribution < 1.29 is 18.3 Å². The molecule has 1 aliphatic carbocycles. The molecule has 1 aromatic rings. The van der Waals surface area contributed by atoms with E-state index in [1.54, 1.807) is 6.92 Å². The zero-order chi connectivity index (χ0) is 12.6. The molecular weight excluding hydrogens is 255 g/mol. The Labute approximate surface area is 100 Å². The number of aromatic nitrogens is 3. The third-order valence-corrected chi connectivity index (χ3v) is 3.51. The van der Waals surface area contributed by atoms with E-state index in [9.17, 15) is 13.2 Å². The van der Waals surface area contributed by atoms with Crippen LogP contribution in [0, 0.1) is 6.92 Å². The molecule has 0 saturated heterocycles. The molecule has 96 valence electrons. The average molecular weight is 267 g/mol. The molecule has 0 spiro atoms. The van der Waals surface area contributed by atoms with Crippen molar-refractivity contribution in [3.05, 3.63) is 5.82 Å². The van der Waals surface area contributed by atoms with Crippen LogP contribution < -0.4 is 0 Å². The van der Waals surface area contributed by atoms with Crippen LogP contribution in [0.25, 0.3) is 0 Å². The van der Waals surface area contributed by atoms with Gasteiger partial charge in [-0.2, -0.15) is 13.2 Å². The zero-order valence-corrected chi connectivity index (χ0v) is 9.92. The number of thioether (sulfide) groups is 1. The molecule has 1 saturated carbocycles. The van der Waals surface area contributed by atoms with E-state index in [1.807, 2.05) is 4.57 Å². The van der Waals surface area contributed by atoms with Gasteiger partial charge in [-0.05, 0) is 19.8 Å². The predicted octanol–water partition coefficient (Wildman–Crippen LogP) is 1.94. The number of hydrogen-bond donors (Lipinski definition) is 1. The fourth-order valence-corrected chi connectivity index (χ4v) is 2.46. The average Bonchev–Trinajstić information content (AvgIpc) is 2.99. The van der Waals surface area contributed by atoms with Gasteiger partial charge in [0.15, 0.2) is 11.3 Å². The Hall–Kier alpha value is -0.760. The summed E-state index contributed by atoms with van der Waals surface area (Å²) in [6.45, 7) is 1.77. The number of rotatable bonds is 4. The Morgan fingerprint density at radius 2 is 2.12 bits per heavy atom. The van der Waals surface area contributed by atoms with Crippen LogP contribution in [0.4, 0.5) is 13.2 Å². The number of alkyl halides is 3. The number of aryl methyl sites for hydroxylation is 1. The zero-order valence-electron chi connectivity index (χ0n) is 9.11. The number of aliphatic hydroxyl groups excluding tert-OH is 1. The summed E-state index contributed by atoms with van der Waals surface area (Å²) in [5.74, 6) is 0.255. The van der Waals surface area contributed by atoms with Gasteiger partial charge in [-0.1, -0.05) is 11.8 Å². The molecule has 1 heterocycles. The highest BCUT2D eigenvalue weighted by atomic mass is 32.2. The van der Waals surface area contributed by atoms with Crippen molar-refractivity contribution in [2.24, 2.45) is 0 Å². The van der Waals surface area contributed by atoms with E-state index >= 15 is 0 Å². The smallest absolute Gasteiger partial charge is 0.383 e. The van der Waals surface area contributed by atoms with E-state index < -0.39 is 18.0 Å². The van der Waals surface area contributed by atoms with Crippen molar-refractivity contribution in [2.75, 3.05) is 5.75 Å². The fourth-order valence-electron chi connectivity index (χ4n) is 1.45. The van der Waals surface area contributed by atoms with Crippen molar-refractivity contribution >= 4 is 11.8 Å². The Kier molecular flexibility index (Phi) is 3.35. The largest absolute Gasteiger partial charge is 0.415 e. The van der Waals surface area contributed by atoms with Gasteiger partial charge in [-0.3, -0.25) is 0 Å². The first-order valence-electron chi connectivity index (χ1n) is 5.18. The Morgan fingerprint density at radius 3 is 2.65 bits per heavy atom. The molecule has 0 radical (unpaired) electrons. The lowest BCUT2D eigenvalue weighted by atomic mass is 10.4. The van der Waals surface area contributed by atoms with Gasteiger partial charge in [0.05, 0.1) is 0 Å². The molecule has 0 aromatic carbocycles. The molecule has 0 unspecified atom stereocenters. The van der Waals surface area contributed by atoms with Gasteiger partial charge < -0.3 is 9.67 Å². The summed E-state index contributed by atoms with van der Waals surface area (Å²) < 4.78 is 38.2. The van der Waals surface area contributed by atoms with Crippen LogP contribution in [0.3, 0.4) is 0 Å². The molecule has 1 aromatic heterocycles. The SMILES string of the molecule is Cc1nnc(SC[C@H](O)C(F)(F)F)n1C1CC1. The number of nitrogens with zero attached hydrogens (tertiary/aromatic N) is 3. The summed E-state index contributed by atoms with van der Waals surface area (Å²) in [6.07, 6.45) is -4.88. The van der Waals surface area contributed by atoms with Crippen molar-refractivity contribution in [1.29, 1.82) is 0 Å². The normalized spacial score (nSPS) is 18.4. The summed E-state index contributed by atoms with van der Waals surface area (Å²) in [5, 5.41) is 17.0. The van der Waals surface area contributed by atoms with E-state index in [2.05, 4.69) is 10.2 Å². The maximum atomic E-state index is 12.1. The highest BCUT2D eigenvalue weighted by Crippen LogP contribution is 2.39. The lowest BCUT2D eigenvalue weighted by molar-refractivity contribution is -0.195. The minimum Gasteiger partial charge on any atom is -0.383 e. The summed E-state index contributed by atoms with van der Waals surface area (Å²) in [5.41, 5.74) is 0. The summed E-state index contributed by atoms with van der Waals surface area (Å²) in [4.78, 5) is 0. The van der Waals surface area contributed by atoms with E-state index in [0.29, 0.717) is 17.0 Å². The molecule has 1 aliphatic rings. The quantitative estimate of drug-likeness (QED) is 0.847. The minimum atomic E-state index is -4.58. The first-order chi connectivity index (χ1) is 7.89. The summed E-state index contributed by atoms with van der Waals surface area (Å²) in [7, 11) is 0. The van der Waals surface area contributed by atoms with Gasteiger partial charge in [-0.25, -0.2) is 0 Å². The maximum absolute atomic E-state index is 12.1. The second kappa shape index (κ2) is 4.49. The first kappa shape index (κ1) is 12.7. The molecule has 17 heavy (non-hydrogen) atoms. The Balaban J connectivity index is 2.00. The number of hydrogen-bond acceptors (Lipinski definition) is 4. The molecule has 1 N–H and O–H groups in total. The number of aliphatic hydroxyl groups is 1. The van der Waals surface area contributed by atoms with Crippen LogP contribution in [-0.2, 0) is 0 Å². The van der Waals surface area contributed by atoms with E-state index in [4.69, 9.17) is 5.11 Å². The van der Waals surface area contributed by atoms with Gasteiger partial charge in [0.2, 0.25) is 0 Å². The lowest BCUT2D eigenvalue weighted by Gasteiger charge is -2.13. The molecule has 4 nitrogen and oxygen atoms in total. The van der Waals surface area contributed by atoms with E-state index in [0.717, 1.165) is 24.6 Å². The van der Waals surface area contributed by atoms with Crippen LogP contribution >= 0.6 is 11.8 Å². The van der Waals surface area contributed by atoms with Gasteiger partial charge in [0.25, 0.3) is 0 Å². The monoisotopic (exact) mass is 267 g/mol. The van der Waals surface area contributed by atoms with Gasteiger partial charge >= 0.3 is 6.18 Å². The van der Waals surface area contributed by atoms with Crippen LogP contribution in [-0.4, -0.2) is 37.9 Å². The molecule has 0 bridgehead atoms. The first-order valence-corrected chi connectivity index (χ1v) is 6.17. The summed E-state index contributed by atoms with van der Waals surface area (Å²) in [6, 6.07) is 0.315. The maximum Gasteiger partial charge on any atom is 0.415 e. The number of halogens is 3. The van der Waals surface area contributed by atoms with Crippen LogP contribution in [0.1, 0.15) is 24.7 Å². The highest BCUT2D eigenvalue weighted by molar-refractivity contribution is 7.99. The molecule has 0 aliphatic heterocycles. The second-order valence-corrected chi connectivity index (χ2v) is 4.99.